The van der Waals surface area contributed by atoms with Gasteiger partial charge in [0, 0.05) is 51.0 Å². The zero-order chi connectivity index (χ0) is 20.9. The maximum absolute atomic E-state index is 12.9. The normalized spacial score (nSPS) is 20.3. The van der Waals surface area contributed by atoms with Gasteiger partial charge in [-0.1, -0.05) is 6.07 Å². The molecule has 1 atom stereocenters. The predicted molar refractivity (Wildman–Crippen MR) is 112 cm³/mol. The maximum atomic E-state index is 12.9. The zero-order valence-corrected chi connectivity index (χ0v) is 17.8. The van der Waals surface area contributed by atoms with Crippen LogP contribution in [-0.4, -0.2) is 68.3 Å². The number of nitrogens with one attached hydrogen (secondary N) is 1. The van der Waals surface area contributed by atoms with Crippen molar-refractivity contribution in [2.45, 2.75) is 39.2 Å². The van der Waals surface area contributed by atoms with Crippen LogP contribution in [0.15, 0.2) is 24.3 Å². The molecule has 1 N–H and O–H groups in total. The average molecular weight is 404 g/mol. The van der Waals surface area contributed by atoms with Gasteiger partial charge in [0.25, 0.3) is 5.91 Å². The second-order valence-electron chi connectivity index (χ2n) is 8.19. The summed E-state index contributed by atoms with van der Waals surface area (Å²) >= 11 is 0. The molecule has 1 aromatic rings. The number of esters is 1. The van der Waals surface area contributed by atoms with Gasteiger partial charge in [0.15, 0.2) is 5.60 Å². The Morgan fingerprint density at radius 3 is 2.69 bits per heavy atom. The Labute approximate surface area is 173 Å². The first-order chi connectivity index (χ1) is 13.9. The molecule has 0 aliphatic carbocycles. The maximum Gasteiger partial charge on any atom is 0.310 e. The molecule has 0 bridgehead atoms. The number of hydrogen-bond acceptors (Lipinski definition) is 6. The average Bonchev–Trinajstić information content (AvgIpc) is 2.74. The number of anilines is 1. The number of ether oxygens (including phenoxy) is 2. The predicted octanol–water partition coefficient (Wildman–Crippen LogP) is 2.06. The van der Waals surface area contributed by atoms with E-state index in [9.17, 15) is 9.59 Å². The molecule has 0 unspecified atom stereocenters. The molecule has 2 heterocycles. The molecule has 29 heavy (non-hydrogen) atoms. The molecule has 7 heteroatoms. The Morgan fingerprint density at radius 2 is 1.97 bits per heavy atom. The smallest absolute Gasteiger partial charge is 0.310 e. The number of carbonyl (C=O) groups is 2. The highest BCUT2D eigenvalue weighted by molar-refractivity contribution is 5.85. The van der Waals surface area contributed by atoms with Crippen molar-refractivity contribution in [1.82, 2.24) is 10.2 Å². The lowest BCUT2D eigenvalue weighted by atomic mass is 9.97. The van der Waals surface area contributed by atoms with E-state index in [4.69, 9.17) is 9.47 Å². The van der Waals surface area contributed by atoms with E-state index in [1.54, 1.807) is 0 Å². The van der Waals surface area contributed by atoms with Crippen molar-refractivity contribution in [2.24, 2.45) is 5.92 Å². The van der Waals surface area contributed by atoms with Crippen molar-refractivity contribution in [3.05, 3.63) is 24.3 Å². The molecular weight excluding hydrogens is 370 g/mol. The summed E-state index contributed by atoms with van der Waals surface area (Å²) in [6, 6.07) is 7.79. The molecular formula is C22H33N3O4. The molecule has 1 aromatic carbocycles. The number of nitrogens with zero attached hydrogens (tertiary/aromatic N) is 2. The third-order valence-corrected chi connectivity index (χ3v) is 5.52. The fourth-order valence-electron chi connectivity index (χ4n) is 3.99. The van der Waals surface area contributed by atoms with Crippen LogP contribution in [0.5, 0.6) is 5.75 Å². The van der Waals surface area contributed by atoms with E-state index in [1.807, 2.05) is 49.9 Å². The van der Waals surface area contributed by atoms with Crippen molar-refractivity contribution in [3.63, 3.8) is 0 Å². The Kier molecular flexibility index (Phi) is 7.00. The number of benzene rings is 1. The summed E-state index contributed by atoms with van der Waals surface area (Å²) in [5.74, 6) is 0.449. The lowest BCUT2D eigenvalue weighted by Crippen LogP contribution is -2.54. The SMILES string of the molecule is CCOC(=O)[C@@H]1CCCN(c2cccc(OC(C)(C)C(=O)N3CCNCC3)c2)C1. The van der Waals surface area contributed by atoms with E-state index in [0.717, 1.165) is 38.2 Å². The summed E-state index contributed by atoms with van der Waals surface area (Å²) in [6.45, 7) is 10.5. The molecule has 7 nitrogen and oxygen atoms in total. The molecule has 1 amide bonds. The van der Waals surface area contributed by atoms with Crippen molar-refractivity contribution in [3.8, 4) is 5.75 Å². The highest BCUT2D eigenvalue weighted by atomic mass is 16.5. The third-order valence-electron chi connectivity index (χ3n) is 5.52. The van der Waals surface area contributed by atoms with Gasteiger partial charge >= 0.3 is 5.97 Å². The van der Waals surface area contributed by atoms with Gasteiger partial charge < -0.3 is 24.6 Å². The second kappa shape index (κ2) is 9.48. The molecule has 0 radical (unpaired) electrons. The summed E-state index contributed by atoms with van der Waals surface area (Å²) in [6.07, 6.45) is 1.80. The van der Waals surface area contributed by atoms with Gasteiger partial charge in [-0.3, -0.25) is 9.59 Å². The summed E-state index contributed by atoms with van der Waals surface area (Å²) in [7, 11) is 0. The van der Waals surface area contributed by atoms with Crippen LogP contribution >= 0.6 is 0 Å². The van der Waals surface area contributed by atoms with E-state index in [0.29, 0.717) is 32.0 Å². The second-order valence-corrected chi connectivity index (χ2v) is 8.19. The van der Waals surface area contributed by atoms with Gasteiger partial charge in [-0.25, -0.2) is 0 Å². The van der Waals surface area contributed by atoms with E-state index >= 15 is 0 Å². The van der Waals surface area contributed by atoms with Gasteiger partial charge in [-0.05, 0) is 45.7 Å². The van der Waals surface area contributed by atoms with Crippen molar-refractivity contribution >= 4 is 17.6 Å². The summed E-state index contributed by atoms with van der Waals surface area (Å²) in [5, 5.41) is 3.26. The summed E-state index contributed by atoms with van der Waals surface area (Å²) < 4.78 is 11.3. The van der Waals surface area contributed by atoms with E-state index < -0.39 is 5.60 Å². The fraction of sp³-hybridized carbons (Fsp3) is 0.636. The molecule has 0 saturated carbocycles. The monoisotopic (exact) mass is 403 g/mol. The van der Waals surface area contributed by atoms with Gasteiger partial charge in [0.05, 0.1) is 12.5 Å². The summed E-state index contributed by atoms with van der Waals surface area (Å²) in [4.78, 5) is 29.1. The number of rotatable bonds is 6. The molecule has 2 fully saturated rings. The largest absolute Gasteiger partial charge is 0.478 e. The molecule has 160 valence electrons. The standard InChI is InChI=1S/C22H33N3O4/c1-4-28-20(26)17-7-6-12-25(16-17)18-8-5-9-19(15-18)29-22(2,3)21(27)24-13-10-23-11-14-24/h5,8-9,15,17,23H,4,6-7,10-14,16H2,1-3H3/t17-/m1/s1. The minimum atomic E-state index is -0.939. The van der Waals surface area contributed by atoms with Crippen LogP contribution in [0, 0.1) is 5.92 Å². The number of amides is 1. The van der Waals surface area contributed by atoms with Crippen LogP contribution in [0.2, 0.25) is 0 Å². The van der Waals surface area contributed by atoms with Gasteiger partial charge in [-0.2, -0.15) is 0 Å². The lowest BCUT2D eigenvalue weighted by Gasteiger charge is -2.35. The first-order valence-corrected chi connectivity index (χ1v) is 10.6. The van der Waals surface area contributed by atoms with E-state index in [2.05, 4.69) is 10.2 Å². The van der Waals surface area contributed by atoms with Crippen LogP contribution in [0.25, 0.3) is 0 Å². The molecule has 0 aromatic heterocycles. The Balaban J connectivity index is 1.67. The number of hydrogen-bond donors (Lipinski definition) is 1. The van der Waals surface area contributed by atoms with Gasteiger partial charge in [0.2, 0.25) is 0 Å². The fourth-order valence-corrected chi connectivity index (χ4v) is 3.99. The minimum Gasteiger partial charge on any atom is -0.478 e. The van der Waals surface area contributed by atoms with Crippen LogP contribution in [0.4, 0.5) is 5.69 Å². The van der Waals surface area contributed by atoms with Gasteiger partial charge in [-0.15, -0.1) is 0 Å². The van der Waals surface area contributed by atoms with Crippen LogP contribution in [-0.2, 0) is 14.3 Å². The number of piperidine rings is 1. The first-order valence-electron chi connectivity index (χ1n) is 10.6. The molecule has 0 spiro atoms. The Morgan fingerprint density at radius 1 is 1.21 bits per heavy atom. The number of carbonyl (C=O) groups excluding carboxylic acids is 2. The number of piperazine rings is 1. The Bertz CT molecular complexity index is 716. The highest BCUT2D eigenvalue weighted by Crippen LogP contribution is 2.29. The van der Waals surface area contributed by atoms with E-state index in [1.165, 1.54) is 0 Å². The summed E-state index contributed by atoms with van der Waals surface area (Å²) in [5.41, 5.74) is 0.0626. The molecule has 2 aliphatic rings. The first kappa shape index (κ1) is 21.4. The lowest BCUT2D eigenvalue weighted by molar-refractivity contribution is -0.148. The van der Waals surface area contributed by atoms with Crippen LogP contribution in [0.1, 0.15) is 33.6 Å². The molecule has 2 saturated heterocycles. The topological polar surface area (TPSA) is 71.1 Å². The highest BCUT2D eigenvalue weighted by Gasteiger charge is 2.35. The molecule has 2 aliphatic heterocycles. The minimum absolute atomic E-state index is 0.00440. The quantitative estimate of drug-likeness (QED) is 0.733. The van der Waals surface area contributed by atoms with Gasteiger partial charge in [0.1, 0.15) is 5.75 Å². The zero-order valence-electron chi connectivity index (χ0n) is 17.8. The Hall–Kier alpha value is -2.28. The van der Waals surface area contributed by atoms with E-state index in [-0.39, 0.29) is 17.8 Å². The van der Waals surface area contributed by atoms with Crippen LogP contribution < -0.4 is 15.0 Å². The van der Waals surface area contributed by atoms with Crippen LogP contribution in [0.3, 0.4) is 0 Å². The van der Waals surface area contributed by atoms with Crippen molar-refractivity contribution in [1.29, 1.82) is 0 Å². The third kappa shape index (κ3) is 5.41. The van der Waals surface area contributed by atoms with Crippen molar-refractivity contribution < 1.29 is 19.1 Å². The van der Waals surface area contributed by atoms with Crippen molar-refractivity contribution in [2.75, 3.05) is 50.8 Å². The molecule has 3 rings (SSSR count).